The number of piperidine rings is 1. The number of benzene rings is 1. The Balaban J connectivity index is 2.27. The van der Waals surface area contributed by atoms with Crippen LogP contribution in [0, 0.1) is 17.8 Å². The van der Waals surface area contributed by atoms with E-state index in [1.165, 1.54) is 25.9 Å². The molecular formula is C27H40N4O. The predicted octanol–water partition coefficient (Wildman–Crippen LogP) is 4.26. The van der Waals surface area contributed by atoms with Crippen LogP contribution in [0.3, 0.4) is 0 Å². The maximum atomic E-state index is 12.2. The molecule has 0 bridgehead atoms. The molecule has 174 valence electrons. The second-order valence-electron chi connectivity index (χ2n) is 8.82. The molecule has 1 amide bonds. The Bertz CT molecular complexity index is 828. The smallest absolute Gasteiger partial charge is 0.214 e. The first-order valence-corrected chi connectivity index (χ1v) is 11.6. The summed E-state index contributed by atoms with van der Waals surface area (Å²) >= 11 is 0. The van der Waals surface area contributed by atoms with E-state index in [1.54, 1.807) is 4.90 Å². The van der Waals surface area contributed by atoms with Gasteiger partial charge in [0.1, 0.15) is 0 Å². The van der Waals surface area contributed by atoms with Crippen molar-refractivity contribution in [2.75, 3.05) is 51.1 Å². The molecule has 0 aliphatic carbocycles. The Hall–Kier alpha value is -2.71. The molecule has 1 fully saturated rings. The summed E-state index contributed by atoms with van der Waals surface area (Å²) in [6.07, 6.45) is 8.92. The SMILES string of the molecule is C=CCCC(C(=C)NC)N(C=O)c1cccc(C#CCCC2CCN(C)CC2)c1N(C)C. The molecule has 5 nitrogen and oxygen atoms in total. The van der Waals surface area contributed by atoms with E-state index in [2.05, 4.69) is 42.3 Å². The van der Waals surface area contributed by atoms with Crippen LogP contribution in [-0.4, -0.2) is 58.6 Å². The molecule has 32 heavy (non-hydrogen) atoms. The predicted molar refractivity (Wildman–Crippen MR) is 137 cm³/mol. The summed E-state index contributed by atoms with van der Waals surface area (Å²) in [6, 6.07) is 5.83. The van der Waals surface area contributed by atoms with Gasteiger partial charge in [-0.25, -0.2) is 0 Å². The van der Waals surface area contributed by atoms with Gasteiger partial charge in [-0.3, -0.25) is 4.79 Å². The van der Waals surface area contributed by atoms with Crippen LogP contribution in [-0.2, 0) is 4.79 Å². The highest BCUT2D eigenvalue weighted by Gasteiger charge is 2.24. The maximum Gasteiger partial charge on any atom is 0.214 e. The fourth-order valence-corrected chi connectivity index (χ4v) is 4.32. The number of allylic oxidation sites excluding steroid dienone is 1. The van der Waals surface area contributed by atoms with Crippen molar-refractivity contribution in [2.24, 2.45) is 5.92 Å². The second kappa shape index (κ2) is 13.0. The third-order valence-corrected chi connectivity index (χ3v) is 6.30. The average molecular weight is 437 g/mol. The molecule has 1 heterocycles. The lowest BCUT2D eigenvalue weighted by Gasteiger charge is -2.33. The first-order chi connectivity index (χ1) is 15.4. The topological polar surface area (TPSA) is 38.8 Å². The van der Waals surface area contributed by atoms with Crippen LogP contribution in [0.25, 0.3) is 0 Å². The van der Waals surface area contributed by atoms with E-state index < -0.39 is 0 Å². The van der Waals surface area contributed by atoms with Gasteiger partial charge in [0, 0.05) is 38.8 Å². The zero-order valence-electron chi connectivity index (χ0n) is 20.4. The maximum absolute atomic E-state index is 12.2. The van der Waals surface area contributed by atoms with Gasteiger partial charge >= 0.3 is 0 Å². The zero-order chi connectivity index (χ0) is 23.5. The van der Waals surface area contributed by atoms with E-state index in [4.69, 9.17) is 0 Å². The molecule has 1 unspecified atom stereocenters. The highest BCUT2D eigenvalue weighted by atomic mass is 16.1. The van der Waals surface area contributed by atoms with Crippen molar-refractivity contribution in [3.05, 3.63) is 48.7 Å². The molecule has 1 aromatic rings. The van der Waals surface area contributed by atoms with Crippen LogP contribution in [0.1, 0.15) is 44.1 Å². The molecule has 1 saturated heterocycles. The lowest BCUT2D eigenvalue weighted by Crippen LogP contribution is -2.39. The number of nitrogens with zero attached hydrogens (tertiary/aromatic N) is 3. The van der Waals surface area contributed by atoms with Gasteiger partial charge in [0.2, 0.25) is 6.41 Å². The van der Waals surface area contributed by atoms with Crippen molar-refractivity contribution >= 4 is 17.8 Å². The average Bonchev–Trinajstić information content (AvgIpc) is 2.79. The molecular weight excluding hydrogens is 396 g/mol. The van der Waals surface area contributed by atoms with Crippen molar-refractivity contribution in [1.82, 2.24) is 10.2 Å². The molecule has 0 saturated carbocycles. The fraction of sp³-hybridized carbons (Fsp3) is 0.519. The number of carbonyl (C=O) groups excluding carboxylic acids is 1. The van der Waals surface area contributed by atoms with Crippen LogP contribution in [0.4, 0.5) is 11.4 Å². The van der Waals surface area contributed by atoms with Crippen molar-refractivity contribution in [2.45, 2.75) is 44.6 Å². The van der Waals surface area contributed by atoms with Crippen LogP contribution < -0.4 is 15.1 Å². The van der Waals surface area contributed by atoms with Crippen molar-refractivity contribution in [3.63, 3.8) is 0 Å². The molecule has 0 aromatic heterocycles. The molecule has 2 rings (SSSR count). The number of rotatable bonds is 11. The Morgan fingerprint density at radius 3 is 2.66 bits per heavy atom. The van der Waals surface area contributed by atoms with Crippen LogP contribution in [0.5, 0.6) is 0 Å². The molecule has 0 radical (unpaired) electrons. The van der Waals surface area contributed by atoms with E-state index >= 15 is 0 Å². The Morgan fingerprint density at radius 1 is 1.34 bits per heavy atom. The van der Waals surface area contributed by atoms with E-state index in [0.717, 1.165) is 60.6 Å². The first-order valence-electron chi connectivity index (χ1n) is 11.6. The molecule has 1 aromatic carbocycles. The summed E-state index contributed by atoms with van der Waals surface area (Å²) in [5.74, 6) is 7.57. The molecule has 1 atom stereocenters. The van der Waals surface area contributed by atoms with Gasteiger partial charge in [0.15, 0.2) is 0 Å². The lowest BCUT2D eigenvalue weighted by molar-refractivity contribution is -0.107. The van der Waals surface area contributed by atoms with Gasteiger partial charge < -0.3 is 20.0 Å². The zero-order valence-corrected chi connectivity index (χ0v) is 20.4. The number of carbonyl (C=O) groups is 1. The second-order valence-corrected chi connectivity index (χ2v) is 8.82. The summed E-state index contributed by atoms with van der Waals surface area (Å²) in [5.41, 5.74) is 3.55. The standard InChI is InChI=1S/C27H40N4O/c1-7-8-15-25(22(2)28-3)31(21-32)26-16-11-14-24(27(26)29(4)5)13-10-9-12-23-17-19-30(6)20-18-23/h7,11,14,16,21,23,25,28H,1-2,8-9,12,15,17-20H2,3-6H3. The van der Waals surface area contributed by atoms with Gasteiger partial charge in [-0.05, 0) is 70.3 Å². The Morgan fingerprint density at radius 2 is 2.06 bits per heavy atom. The number of likely N-dealkylation sites (N-methyl/N-ethyl adjacent to an activating group) is 1. The van der Waals surface area contributed by atoms with E-state index in [-0.39, 0.29) is 6.04 Å². The minimum Gasteiger partial charge on any atom is -0.390 e. The molecule has 1 N–H and O–H groups in total. The largest absolute Gasteiger partial charge is 0.390 e. The summed E-state index contributed by atoms with van der Waals surface area (Å²) in [6.45, 7) is 10.3. The van der Waals surface area contributed by atoms with Gasteiger partial charge in [-0.2, -0.15) is 0 Å². The minimum absolute atomic E-state index is 0.165. The van der Waals surface area contributed by atoms with E-state index in [0.29, 0.717) is 0 Å². The van der Waals surface area contributed by atoms with Crippen molar-refractivity contribution in [1.29, 1.82) is 0 Å². The third kappa shape index (κ3) is 6.90. The number of para-hydroxylation sites is 1. The van der Waals surface area contributed by atoms with Crippen molar-refractivity contribution < 1.29 is 4.79 Å². The quantitative estimate of drug-likeness (QED) is 0.320. The first kappa shape index (κ1) is 25.5. The van der Waals surface area contributed by atoms with E-state index in [9.17, 15) is 4.79 Å². The van der Waals surface area contributed by atoms with Gasteiger partial charge in [0.05, 0.1) is 17.4 Å². The van der Waals surface area contributed by atoms with E-state index in [1.807, 2.05) is 50.3 Å². The van der Waals surface area contributed by atoms with Gasteiger partial charge in [-0.1, -0.05) is 30.6 Å². The molecule has 1 aliphatic rings. The monoisotopic (exact) mass is 436 g/mol. The number of hydrogen-bond donors (Lipinski definition) is 1. The minimum atomic E-state index is -0.165. The number of amides is 1. The number of anilines is 2. The summed E-state index contributed by atoms with van der Waals surface area (Å²) in [5, 5.41) is 3.12. The number of likely N-dealkylation sites (tertiary alicyclic amines) is 1. The highest BCUT2D eigenvalue weighted by molar-refractivity contribution is 5.88. The third-order valence-electron chi connectivity index (χ3n) is 6.30. The Labute approximate surface area is 195 Å². The van der Waals surface area contributed by atoms with Gasteiger partial charge in [-0.15, -0.1) is 6.58 Å². The molecule has 1 aliphatic heterocycles. The summed E-state index contributed by atoms with van der Waals surface area (Å²) < 4.78 is 0. The Kier molecular flexibility index (Phi) is 10.4. The molecule has 5 heteroatoms. The number of hydrogen-bond acceptors (Lipinski definition) is 4. The summed E-state index contributed by atoms with van der Waals surface area (Å²) in [7, 11) is 8.03. The van der Waals surface area contributed by atoms with Crippen LogP contribution in [0.2, 0.25) is 0 Å². The van der Waals surface area contributed by atoms with Crippen LogP contribution in [0.15, 0.2) is 43.1 Å². The normalized spacial score (nSPS) is 15.2. The van der Waals surface area contributed by atoms with Gasteiger partial charge in [0.25, 0.3) is 0 Å². The fourth-order valence-electron chi connectivity index (χ4n) is 4.32. The summed E-state index contributed by atoms with van der Waals surface area (Å²) in [4.78, 5) is 18.5. The van der Waals surface area contributed by atoms with Crippen molar-refractivity contribution in [3.8, 4) is 11.8 Å². The van der Waals surface area contributed by atoms with Crippen LogP contribution >= 0.6 is 0 Å². The molecule has 0 spiro atoms. The lowest BCUT2D eigenvalue weighted by atomic mass is 9.92. The highest BCUT2D eigenvalue weighted by Crippen LogP contribution is 2.34. The number of nitrogens with one attached hydrogen (secondary N) is 1.